The number of benzene rings is 1. The number of hydrogen-bond donors (Lipinski definition) is 1. The molecule has 3 rings (SSSR count). The van der Waals surface area contributed by atoms with Crippen LogP contribution in [0.15, 0.2) is 35.9 Å². The fourth-order valence-electron chi connectivity index (χ4n) is 3.07. The van der Waals surface area contributed by atoms with Gasteiger partial charge in [-0.05, 0) is 43.0 Å². The first-order valence-electron chi connectivity index (χ1n) is 6.76. The molecule has 1 amide bonds. The number of nitrogens with zero attached hydrogens (tertiary/aromatic N) is 1. The van der Waals surface area contributed by atoms with Gasteiger partial charge in [0.25, 0.3) is 0 Å². The van der Waals surface area contributed by atoms with Gasteiger partial charge in [-0.25, -0.2) is 0 Å². The van der Waals surface area contributed by atoms with E-state index in [0.717, 1.165) is 28.7 Å². The van der Waals surface area contributed by atoms with Gasteiger partial charge in [-0.1, -0.05) is 24.3 Å². The third-order valence-electron chi connectivity index (χ3n) is 4.22. The number of rotatable bonds is 1. The summed E-state index contributed by atoms with van der Waals surface area (Å²) in [5.41, 5.74) is 4.71. The van der Waals surface area contributed by atoms with Gasteiger partial charge in [0.15, 0.2) is 0 Å². The van der Waals surface area contributed by atoms with Crippen molar-refractivity contribution in [3.05, 3.63) is 52.6 Å². The minimum absolute atomic E-state index is 0.0821. The Kier molecular flexibility index (Phi) is 2.76. The minimum Gasteiger partial charge on any atom is -0.347 e. The third-order valence-corrected chi connectivity index (χ3v) is 4.22. The molecule has 1 aromatic rings. The summed E-state index contributed by atoms with van der Waals surface area (Å²) in [4.78, 5) is 11.6. The number of carbonyl (C=O) groups is 1. The molecule has 20 heavy (non-hydrogen) atoms. The van der Waals surface area contributed by atoms with Crippen molar-refractivity contribution in [1.82, 2.24) is 5.32 Å². The average molecular weight is 264 g/mol. The van der Waals surface area contributed by atoms with Crippen LogP contribution in [0.2, 0.25) is 0 Å². The lowest BCUT2D eigenvalue weighted by atomic mass is 9.81. The maximum absolute atomic E-state index is 11.6. The SMILES string of the molecule is Cc1cccc(C#N)c1C1=CCC2(C)NC(=O)CC2=C1. The molecule has 0 radical (unpaired) electrons. The lowest BCUT2D eigenvalue weighted by molar-refractivity contribution is -0.119. The van der Waals surface area contributed by atoms with Crippen molar-refractivity contribution in [1.29, 1.82) is 5.26 Å². The van der Waals surface area contributed by atoms with Crippen molar-refractivity contribution in [2.24, 2.45) is 0 Å². The Morgan fingerprint density at radius 2 is 2.20 bits per heavy atom. The zero-order valence-corrected chi connectivity index (χ0v) is 11.7. The smallest absolute Gasteiger partial charge is 0.224 e. The van der Waals surface area contributed by atoms with Gasteiger partial charge < -0.3 is 5.32 Å². The van der Waals surface area contributed by atoms with E-state index in [0.29, 0.717) is 12.0 Å². The van der Waals surface area contributed by atoms with Crippen LogP contribution < -0.4 is 5.32 Å². The maximum atomic E-state index is 11.6. The molecule has 1 aliphatic carbocycles. The first-order valence-corrected chi connectivity index (χ1v) is 6.76. The standard InChI is InChI=1S/C17H16N2O/c1-11-4-3-5-13(10-18)16(11)12-6-7-17(2)14(8-12)9-15(20)19-17/h3-6,8H,7,9H2,1-2H3,(H,19,20). The lowest BCUT2D eigenvalue weighted by Crippen LogP contribution is -2.39. The molecule has 0 spiro atoms. The topological polar surface area (TPSA) is 52.9 Å². The van der Waals surface area contributed by atoms with Crippen LogP contribution in [0, 0.1) is 18.3 Å². The number of fused-ring (bicyclic) bond motifs is 1. The summed E-state index contributed by atoms with van der Waals surface area (Å²) in [6, 6.07) is 8.02. The number of aryl methyl sites for hydroxylation is 1. The molecule has 1 heterocycles. The Labute approximate surface area is 118 Å². The fraction of sp³-hybridized carbons (Fsp3) is 0.294. The van der Waals surface area contributed by atoms with Crippen molar-refractivity contribution in [2.75, 3.05) is 0 Å². The molecule has 1 N–H and O–H groups in total. The molecule has 0 bridgehead atoms. The average Bonchev–Trinajstić information content (AvgIpc) is 2.71. The minimum atomic E-state index is -0.240. The number of allylic oxidation sites excluding steroid dienone is 2. The third kappa shape index (κ3) is 1.85. The molecule has 1 aliphatic heterocycles. The molecule has 3 nitrogen and oxygen atoms in total. The highest BCUT2D eigenvalue weighted by Crippen LogP contribution is 2.38. The molecule has 1 fully saturated rings. The van der Waals surface area contributed by atoms with E-state index in [9.17, 15) is 10.1 Å². The largest absolute Gasteiger partial charge is 0.347 e. The second kappa shape index (κ2) is 4.35. The molecule has 100 valence electrons. The fourth-order valence-corrected chi connectivity index (χ4v) is 3.07. The molecule has 1 unspecified atom stereocenters. The van der Waals surface area contributed by atoms with E-state index in [1.807, 2.05) is 25.1 Å². The highest BCUT2D eigenvalue weighted by atomic mass is 16.2. The van der Waals surface area contributed by atoms with E-state index in [2.05, 4.69) is 30.5 Å². The second-order valence-electron chi connectivity index (χ2n) is 5.70. The molecule has 1 atom stereocenters. The Bertz CT molecular complexity index is 706. The van der Waals surface area contributed by atoms with Crippen LogP contribution in [0.3, 0.4) is 0 Å². The van der Waals surface area contributed by atoms with Gasteiger partial charge in [0, 0.05) is 5.56 Å². The van der Waals surface area contributed by atoms with E-state index in [4.69, 9.17) is 0 Å². The van der Waals surface area contributed by atoms with Crippen LogP contribution in [0.5, 0.6) is 0 Å². The molecule has 0 aromatic heterocycles. The van der Waals surface area contributed by atoms with Crippen LogP contribution >= 0.6 is 0 Å². The zero-order chi connectivity index (χ0) is 14.3. The number of hydrogen-bond acceptors (Lipinski definition) is 2. The van der Waals surface area contributed by atoms with Crippen LogP contribution in [-0.4, -0.2) is 11.4 Å². The molecular formula is C17H16N2O. The first kappa shape index (κ1) is 12.7. The van der Waals surface area contributed by atoms with Gasteiger partial charge in [0.1, 0.15) is 0 Å². The van der Waals surface area contributed by atoms with Crippen LogP contribution in [0.4, 0.5) is 0 Å². The summed E-state index contributed by atoms with van der Waals surface area (Å²) in [7, 11) is 0. The number of carbonyl (C=O) groups excluding carboxylic acids is 1. The second-order valence-corrected chi connectivity index (χ2v) is 5.70. The van der Waals surface area contributed by atoms with Gasteiger partial charge in [-0.15, -0.1) is 0 Å². The Morgan fingerprint density at radius 1 is 1.40 bits per heavy atom. The quantitative estimate of drug-likeness (QED) is 0.848. The summed E-state index contributed by atoms with van der Waals surface area (Å²) < 4.78 is 0. The monoisotopic (exact) mass is 264 g/mol. The van der Waals surface area contributed by atoms with Gasteiger partial charge in [0.2, 0.25) is 5.91 Å². The Balaban J connectivity index is 2.09. The van der Waals surface area contributed by atoms with Gasteiger partial charge >= 0.3 is 0 Å². The first-order chi connectivity index (χ1) is 9.53. The number of amides is 1. The van der Waals surface area contributed by atoms with Gasteiger partial charge in [0.05, 0.1) is 23.6 Å². The highest BCUT2D eigenvalue weighted by Gasteiger charge is 2.39. The van der Waals surface area contributed by atoms with Crippen molar-refractivity contribution >= 4 is 11.5 Å². The Morgan fingerprint density at radius 3 is 2.95 bits per heavy atom. The molecule has 1 saturated heterocycles. The predicted octanol–water partition coefficient (Wildman–Crippen LogP) is 2.86. The summed E-state index contributed by atoms with van der Waals surface area (Å²) in [5, 5.41) is 12.3. The van der Waals surface area contributed by atoms with Gasteiger partial charge in [-0.2, -0.15) is 5.26 Å². The number of nitrogens with one attached hydrogen (secondary N) is 1. The Hall–Kier alpha value is -2.34. The van der Waals surface area contributed by atoms with Crippen LogP contribution in [0.25, 0.3) is 5.57 Å². The summed E-state index contributed by atoms with van der Waals surface area (Å²) >= 11 is 0. The van der Waals surface area contributed by atoms with Crippen molar-refractivity contribution in [2.45, 2.75) is 32.2 Å². The highest BCUT2D eigenvalue weighted by molar-refractivity contribution is 5.89. The molecule has 1 aromatic carbocycles. The lowest BCUT2D eigenvalue weighted by Gasteiger charge is -2.29. The van der Waals surface area contributed by atoms with Crippen LogP contribution in [0.1, 0.15) is 36.5 Å². The van der Waals surface area contributed by atoms with Crippen molar-refractivity contribution in [3.63, 3.8) is 0 Å². The molecule has 0 saturated carbocycles. The summed E-state index contributed by atoms with van der Waals surface area (Å²) in [6.07, 6.45) is 5.43. The van der Waals surface area contributed by atoms with Gasteiger partial charge in [-0.3, -0.25) is 4.79 Å². The summed E-state index contributed by atoms with van der Waals surface area (Å²) in [5.74, 6) is 0.0821. The normalized spacial score (nSPS) is 24.4. The zero-order valence-electron chi connectivity index (χ0n) is 11.7. The van der Waals surface area contributed by atoms with Crippen molar-refractivity contribution in [3.8, 4) is 6.07 Å². The number of nitriles is 1. The summed E-state index contributed by atoms with van der Waals surface area (Å²) in [6.45, 7) is 4.07. The van der Waals surface area contributed by atoms with E-state index in [-0.39, 0.29) is 11.4 Å². The van der Waals surface area contributed by atoms with E-state index < -0.39 is 0 Å². The van der Waals surface area contributed by atoms with E-state index in [1.54, 1.807) is 0 Å². The predicted molar refractivity (Wildman–Crippen MR) is 77.7 cm³/mol. The van der Waals surface area contributed by atoms with E-state index >= 15 is 0 Å². The van der Waals surface area contributed by atoms with E-state index in [1.165, 1.54) is 0 Å². The maximum Gasteiger partial charge on any atom is 0.224 e. The molecule has 2 aliphatic rings. The van der Waals surface area contributed by atoms with Crippen molar-refractivity contribution < 1.29 is 4.79 Å². The molecule has 3 heteroatoms. The molecular weight excluding hydrogens is 248 g/mol. The van der Waals surface area contributed by atoms with Crippen LogP contribution in [-0.2, 0) is 4.79 Å².